The Hall–Kier alpha value is -2.29. The van der Waals surface area contributed by atoms with Gasteiger partial charge in [-0.3, -0.25) is 4.79 Å². The van der Waals surface area contributed by atoms with E-state index in [2.05, 4.69) is 0 Å². The average Bonchev–Trinajstić information content (AvgIpc) is 3.06. The number of carbonyl (C=O) groups is 3. The zero-order valence-corrected chi connectivity index (χ0v) is 23.0. The molecule has 5 aliphatic carbocycles. The maximum Gasteiger partial charge on any atom is 0.509 e. The fourth-order valence-electron chi connectivity index (χ4n) is 9.07. The first-order valence-corrected chi connectivity index (χ1v) is 14.4. The van der Waals surface area contributed by atoms with Crippen molar-refractivity contribution >= 4 is 17.9 Å². The van der Waals surface area contributed by atoms with E-state index in [0.29, 0.717) is 12.8 Å². The first-order valence-electron chi connectivity index (χ1n) is 14.4. The minimum Gasteiger partial charge on any atom is -0.478 e. The van der Waals surface area contributed by atoms with Crippen LogP contribution in [0.25, 0.3) is 0 Å². The molecule has 7 nitrogen and oxygen atoms in total. The maximum atomic E-state index is 17.4. The second kappa shape index (κ2) is 9.67. The number of carbonyl (C=O) groups excluding carboxylic acids is 2. The highest BCUT2D eigenvalue weighted by Crippen LogP contribution is 2.71. The summed E-state index contributed by atoms with van der Waals surface area (Å²) in [5, 5.41) is 22.1. The minimum absolute atomic E-state index is 0.00553. The lowest BCUT2D eigenvalue weighted by Gasteiger charge is -2.62. The van der Waals surface area contributed by atoms with Crippen molar-refractivity contribution in [3.05, 3.63) is 23.8 Å². The first-order chi connectivity index (χ1) is 18.3. The molecule has 9 heteroatoms. The molecular formula is C30H40F2O7. The van der Waals surface area contributed by atoms with Gasteiger partial charge in [0, 0.05) is 22.7 Å². The van der Waals surface area contributed by atoms with Crippen molar-refractivity contribution in [1.82, 2.24) is 0 Å². The number of hydrogen-bond donors (Lipinski definition) is 2. The topological polar surface area (TPSA) is 110 Å². The first kappa shape index (κ1) is 28.2. The van der Waals surface area contributed by atoms with Crippen molar-refractivity contribution in [2.45, 2.75) is 115 Å². The molecule has 0 heterocycles. The molecule has 0 aromatic rings. The highest BCUT2D eigenvalue weighted by atomic mass is 19.1. The summed E-state index contributed by atoms with van der Waals surface area (Å²) >= 11 is 0. The van der Waals surface area contributed by atoms with Crippen molar-refractivity contribution in [3.63, 3.8) is 0 Å². The monoisotopic (exact) mass is 550 g/mol. The third-order valence-corrected chi connectivity index (χ3v) is 11.0. The lowest BCUT2D eigenvalue weighted by molar-refractivity contribution is -0.232. The summed E-state index contributed by atoms with van der Waals surface area (Å²) in [5.41, 5.74) is -7.37. The molecule has 0 saturated heterocycles. The molecule has 4 fully saturated rings. The van der Waals surface area contributed by atoms with Gasteiger partial charge in [0.1, 0.15) is 12.3 Å². The number of rotatable bonds is 3. The molecule has 0 aliphatic heterocycles. The molecule has 5 rings (SSSR count). The third-order valence-electron chi connectivity index (χ3n) is 11.0. The van der Waals surface area contributed by atoms with Crippen LogP contribution in [0.15, 0.2) is 23.8 Å². The van der Waals surface area contributed by atoms with Crippen LogP contribution in [0.3, 0.4) is 0 Å². The van der Waals surface area contributed by atoms with E-state index in [1.54, 1.807) is 13.8 Å². The summed E-state index contributed by atoms with van der Waals surface area (Å²) in [6, 6.07) is 0. The minimum atomic E-state index is -2.34. The lowest BCUT2D eigenvalue weighted by atomic mass is 9.44. The van der Waals surface area contributed by atoms with Gasteiger partial charge in [0.15, 0.2) is 11.5 Å². The van der Waals surface area contributed by atoms with Gasteiger partial charge in [-0.25, -0.2) is 18.4 Å². The number of ether oxygens (including phenoxy) is 2. The number of hydrogen-bond acceptors (Lipinski definition) is 6. The Morgan fingerprint density at radius 1 is 1.05 bits per heavy atom. The molecule has 0 spiro atoms. The predicted molar refractivity (Wildman–Crippen MR) is 137 cm³/mol. The van der Waals surface area contributed by atoms with Gasteiger partial charge in [-0.1, -0.05) is 39.2 Å². The van der Waals surface area contributed by atoms with Crippen molar-refractivity contribution < 1.29 is 42.9 Å². The molecule has 5 aliphatic rings. The Balaban J connectivity index is 1.49. The number of aliphatic hydroxyl groups is 1. The van der Waals surface area contributed by atoms with Gasteiger partial charge in [0.05, 0.1) is 6.10 Å². The maximum absolute atomic E-state index is 17.4. The largest absolute Gasteiger partial charge is 0.509 e. The van der Waals surface area contributed by atoms with Crippen molar-refractivity contribution in [1.29, 1.82) is 0 Å². The molecule has 39 heavy (non-hydrogen) atoms. The number of allylic oxidation sites excluding steroid dienone is 4. The normalized spacial score (nSPS) is 46.2. The number of carboxylic acids is 1. The molecule has 0 amide bonds. The zero-order valence-electron chi connectivity index (χ0n) is 23.0. The van der Waals surface area contributed by atoms with E-state index in [1.165, 1.54) is 19.1 Å². The summed E-state index contributed by atoms with van der Waals surface area (Å²) in [5.74, 6) is -4.31. The predicted octanol–water partition coefficient (Wildman–Crippen LogP) is 5.64. The summed E-state index contributed by atoms with van der Waals surface area (Å²) in [4.78, 5) is 38.2. The fraction of sp³-hybridized carbons (Fsp3) is 0.767. The third kappa shape index (κ3) is 3.92. The molecule has 0 aromatic heterocycles. The summed E-state index contributed by atoms with van der Waals surface area (Å²) < 4.78 is 44.4. The number of halogens is 2. The smallest absolute Gasteiger partial charge is 0.478 e. The van der Waals surface area contributed by atoms with Gasteiger partial charge in [-0.15, -0.1) is 0 Å². The van der Waals surface area contributed by atoms with Crippen molar-refractivity contribution in [3.8, 4) is 0 Å². The van der Waals surface area contributed by atoms with E-state index in [0.717, 1.165) is 38.2 Å². The molecule has 0 aromatic carbocycles. The molecule has 4 saturated carbocycles. The van der Waals surface area contributed by atoms with E-state index in [-0.39, 0.29) is 30.9 Å². The molecule has 1 unspecified atom stereocenters. The quantitative estimate of drug-likeness (QED) is 0.438. The SMILES string of the molecule is C[C@@H]1C[C@H]2[C@@H]3C[C@H](F)C4=CC(=O)C=C[C@]4(C)C3(F)[C@@H](O)C[C@]2(C)[C@]1(OC(=O)OC1CCCCCCC1)C(=O)O. The molecule has 0 radical (unpaired) electrons. The van der Waals surface area contributed by atoms with Crippen LogP contribution in [0.1, 0.15) is 85.0 Å². The van der Waals surface area contributed by atoms with E-state index in [9.17, 15) is 24.6 Å². The van der Waals surface area contributed by atoms with Crippen molar-refractivity contribution in [2.24, 2.45) is 28.6 Å². The standard InChI is InChI=1S/C30H40F2O7/c1-17-13-20-21-15-23(31)22-14-18(33)11-12-27(22,2)29(21,32)24(34)16-28(20,3)30(17,25(35)36)39-26(37)38-19-9-7-5-4-6-8-10-19/h11-12,14,17,19-21,23-24,34H,4-10,13,15-16H2,1-3H3,(H,35,36)/t17-,20+,21+,23+,24+,27+,28+,29?,30-/m1/s1. The Morgan fingerprint density at radius 2 is 1.69 bits per heavy atom. The summed E-state index contributed by atoms with van der Waals surface area (Å²) in [6.45, 7) is 4.76. The van der Waals surface area contributed by atoms with Crippen LogP contribution in [0.2, 0.25) is 0 Å². The van der Waals surface area contributed by atoms with Gasteiger partial charge in [0.25, 0.3) is 0 Å². The Morgan fingerprint density at radius 3 is 2.33 bits per heavy atom. The van der Waals surface area contributed by atoms with Gasteiger partial charge < -0.3 is 19.7 Å². The van der Waals surface area contributed by atoms with Crippen LogP contribution in [0, 0.1) is 28.6 Å². The van der Waals surface area contributed by atoms with Crippen molar-refractivity contribution in [2.75, 3.05) is 0 Å². The second-order valence-corrected chi connectivity index (χ2v) is 13.0. The second-order valence-electron chi connectivity index (χ2n) is 13.0. The van der Waals surface area contributed by atoms with Gasteiger partial charge >= 0.3 is 12.1 Å². The molecular weight excluding hydrogens is 510 g/mol. The highest BCUT2D eigenvalue weighted by Gasteiger charge is 2.78. The number of fused-ring (bicyclic) bond motifs is 5. The van der Waals surface area contributed by atoms with E-state index in [4.69, 9.17) is 9.47 Å². The molecule has 2 N–H and O–H groups in total. The molecule has 0 bridgehead atoms. The number of aliphatic carboxylic acids is 1. The number of carboxylic acid groups (broad SMARTS) is 1. The van der Waals surface area contributed by atoms with E-state index < -0.39 is 70.0 Å². The van der Waals surface area contributed by atoms with Crippen LogP contribution in [-0.4, -0.2) is 57.8 Å². The lowest BCUT2D eigenvalue weighted by Crippen LogP contribution is -2.71. The number of aliphatic hydroxyl groups excluding tert-OH is 1. The van der Waals surface area contributed by atoms with Crippen LogP contribution in [0.5, 0.6) is 0 Å². The molecule has 9 atom stereocenters. The highest BCUT2D eigenvalue weighted by molar-refractivity contribution is 6.01. The van der Waals surface area contributed by atoms with E-state index in [1.807, 2.05) is 0 Å². The van der Waals surface area contributed by atoms with Crippen LogP contribution in [0.4, 0.5) is 13.6 Å². The summed E-state index contributed by atoms with van der Waals surface area (Å²) in [6.07, 6.45) is 4.89. The zero-order chi connectivity index (χ0) is 28.4. The van der Waals surface area contributed by atoms with Crippen LogP contribution < -0.4 is 0 Å². The van der Waals surface area contributed by atoms with Crippen LogP contribution in [-0.2, 0) is 19.1 Å². The Kier molecular flexibility index (Phi) is 7.00. The number of ketones is 1. The molecule has 216 valence electrons. The fourth-order valence-corrected chi connectivity index (χ4v) is 9.07. The Labute approximate surface area is 228 Å². The summed E-state index contributed by atoms with van der Waals surface area (Å²) in [7, 11) is 0. The van der Waals surface area contributed by atoms with Gasteiger partial charge in [0.2, 0.25) is 5.60 Å². The Bertz CT molecular complexity index is 1100. The van der Waals surface area contributed by atoms with Gasteiger partial charge in [-0.2, -0.15) is 0 Å². The van der Waals surface area contributed by atoms with Crippen LogP contribution >= 0.6 is 0 Å². The van der Waals surface area contributed by atoms with E-state index >= 15 is 8.78 Å². The number of alkyl halides is 2. The average molecular weight is 551 g/mol. The van der Waals surface area contributed by atoms with Gasteiger partial charge in [-0.05, 0) is 75.5 Å².